The van der Waals surface area contributed by atoms with Gasteiger partial charge in [0.15, 0.2) is 5.82 Å². The highest BCUT2D eigenvalue weighted by molar-refractivity contribution is 5.45. The maximum atomic E-state index is 4.56. The molecule has 0 N–H and O–H groups in total. The maximum Gasteiger partial charge on any atom is 0.152 e. The molecule has 2 heterocycles. The molecule has 6 heteroatoms. The second-order valence-electron chi connectivity index (χ2n) is 5.22. The molecule has 2 aromatic rings. The number of rotatable bonds is 5. The molecule has 108 valence electrons. The summed E-state index contributed by atoms with van der Waals surface area (Å²) in [6, 6.07) is 0.353. The Labute approximate surface area is 119 Å². The summed E-state index contributed by atoms with van der Waals surface area (Å²) >= 11 is 0. The lowest BCUT2D eigenvalue weighted by Gasteiger charge is -2.21. The first kappa shape index (κ1) is 14.4. The van der Waals surface area contributed by atoms with E-state index >= 15 is 0 Å². The van der Waals surface area contributed by atoms with E-state index in [2.05, 4.69) is 50.4 Å². The molecule has 0 amide bonds. The zero-order valence-electron chi connectivity index (χ0n) is 12.8. The van der Waals surface area contributed by atoms with Gasteiger partial charge in [-0.2, -0.15) is 0 Å². The molecule has 0 aliphatic carbocycles. The van der Waals surface area contributed by atoms with E-state index in [0.717, 1.165) is 29.5 Å². The average Bonchev–Trinajstić information content (AvgIpc) is 2.87. The van der Waals surface area contributed by atoms with Crippen molar-refractivity contribution in [3.8, 4) is 0 Å². The number of nitrogens with zero attached hydrogens (tertiary/aromatic N) is 6. The lowest BCUT2D eigenvalue weighted by molar-refractivity contribution is 0.563. The number of aryl methyl sites for hydroxylation is 2. The second kappa shape index (κ2) is 5.98. The lowest BCUT2D eigenvalue weighted by atomic mass is 10.2. The first-order valence-electron chi connectivity index (χ1n) is 6.95. The predicted octanol–water partition coefficient (Wildman–Crippen LogP) is 2.16. The number of anilines is 1. The second-order valence-corrected chi connectivity index (χ2v) is 5.22. The summed E-state index contributed by atoms with van der Waals surface area (Å²) in [5, 5.41) is 8.21. The van der Waals surface area contributed by atoms with Gasteiger partial charge in [0.05, 0.1) is 6.54 Å². The van der Waals surface area contributed by atoms with Gasteiger partial charge in [0.25, 0.3) is 0 Å². The van der Waals surface area contributed by atoms with Gasteiger partial charge in [-0.3, -0.25) is 0 Å². The topological polar surface area (TPSA) is 59.7 Å². The first-order chi connectivity index (χ1) is 9.52. The van der Waals surface area contributed by atoms with Crippen molar-refractivity contribution < 1.29 is 0 Å². The molecule has 6 nitrogen and oxygen atoms in total. The quantitative estimate of drug-likeness (QED) is 0.836. The van der Waals surface area contributed by atoms with Crippen LogP contribution in [0.4, 0.5) is 5.82 Å². The van der Waals surface area contributed by atoms with Crippen molar-refractivity contribution >= 4 is 5.82 Å². The van der Waals surface area contributed by atoms with Crippen LogP contribution in [-0.2, 0) is 13.0 Å². The van der Waals surface area contributed by atoms with E-state index in [9.17, 15) is 0 Å². The van der Waals surface area contributed by atoms with E-state index in [1.54, 1.807) is 6.33 Å². The Hall–Kier alpha value is -1.98. The zero-order chi connectivity index (χ0) is 14.7. The van der Waals surface area contributed by atoms with Gasteiger partial charge < -0.3 is 9.47 Å². The first-order valence-corrected chi connectivity index (χ1v) is 6.95. The van der Waals surface area contributed by atoms with Gasteiger partial charge in [0.1, 0.15) is 18.0 Å². The van der Waals surface area contributed by atoms with Gasteiger partial charge >= 0.3 is 0 Å². The van der Waals surface area contributed by atoms with Crippen molar-refractivity contribution in [2.45, 2.75) is 46.7 Å². The average molecular weight is 274 g/mol. The van der Waals surface area contributed by atoms with Crippen molar-refractivity contribution in [3.63, 3.8) is 0 Å². The van der Waals surface area contributed by atoms with Crippen LogP contribution in [0.3, 0.4) is 0 Å². The fourth-order valence-corrected chi connectivity index (χ4v) is 2.16. The fraction of sp³-hybridized carbons (Fsp3) is 0.571. The number of hydrogen-bond acceptors (Lipinski definition) is 5. The van der Waals surface area contributed by atoms with Crippen LogP contribution in [0.5, 0.6) is 0 Å². The third-order valence-corrected chi connectivity index (χ3v) is 3.29. The Balaban J connectivity index is 2.26. The van der Waals surface area contributed by atoms with Gasteiger partial charge in [0, 0.05) is 24.8 Å². The van der Waals surface area contributed by atoms with E-state index in [0.29, 0.717) is 12.6 Å². The van der Waals surface area contributed by atoms with Crippen LogP contribution < -0.4 is 4.90 Å². The Morgan fingerprint density at radius 1 is 1.35 bits per heavy atom. The van der Waals surface area contributed by atoms with Crippen LogP contribution in [0.25, 0.3) is 0 Å². The van der Waals surface area contributed by atoms with Gasteiger partial charge in [-0.1, -0.05) is 6.92 Å². The summed E-state index contributed by atoms with van der Waals surface area (Å²) < 4.78 is 2.08. The SMILES string of the molecule is CCc1cnc(C)nc1N(C)Cc1nncn1C(C)C. The Morgan fingerprint density at radius 3 is 2.75 bits per heavy atom. The van der Waals surface area contributed by atoms with Gasteiger partial charge in [-0.25, -0.2) is 9.97 Å². The fourth-order valence-electron chi connectivity index (χ4n) is 2.16. The molecule has 2 aromatic heterocycles. The summed E-state index contributed by atoms with van der Waals surface area (Å²) in [5.41, 5.74) is 1.15. The van der Waals surface area contributed by atoms with Gasteiger partial charge in [0.2, 0.25) is 0 Å². The number of hydrogen-bond donors (Lipinski definition) is 0. The molecule has 0 fully saturated rings. The molecule has 0 aromatic carbocycles. The van der Waals surface area contributed by atoms with Crippen molar-refractivity contribution in [3.05, 3.63) is 29.7 Å². The van der Waals surface area contributed by atoms with Crippen molar-refractivity contribution in [1.29, 1.82) is 0 Å². The zero-order valence-corrected chi connectivity index (χ0v) is 12.8. The van der Waals surface area contributed by atoms with Crippen molar-refractivity contribution in [2.24, 2.45) is 0 Å². The van der Waals surface area contributed by atoms with E-state index < -0.39 is 0 Å². The molecule has 20 heavy (non-hydrogen) atoms. The molecule has 0 spiro atoms. The van der Waals surface area contributed by atoms with Crippen LogP contribution in [0, 0.1) is 6.92 Å². The minimum Gasteiger partial charge on any atom is -0.352 e. The highest BCUT2D eigenvalue weighted by Gasteiger charge is 2.14. The molecule has 0 aliphatic rings. The molecule has 2 rings (SSSR count). The van der Waals surface area contributed by atoms with E-state index in [1.807, 2.05) is 20.2 Å². The molecular formula is C14H22N6. The molecule has 0 bridgehead atoms. The Morgan fingerprint density at radius 2 is 2.10 bits per heavy atom. The third kappa shape index (κ3) is 2.95. The highest BCUT2D eigenvalue weighted by Crippen LogP contribution is 2.19. The predicted molar refractivity (Wildman–Crippen MR) is 78.7 cm³/mol. The largest absolute Gasteiger partial charge is 0.352 e. The Kier molecular flexibility index (Phi) is 4.32. The molecular weight excluding hydrogens is 252 g/mol. The molecule has 0 unspecified atom stereocenters. The molecule has 0 radical (unpaired) electrons. The molecule has 0 atom stereocenters. The van der Waals surface area contributed by atoms with E-state index in [-0.39, 0.29) is 0 Å². The monoisotopic (exact) mass is 274 g/mol. The van der Waals surface area contributed by atoms with Crippen molar-refractivity contribution in [2.75, 3.05) is 11.9 Å². The summed E-state index contributed by atoms with van der Waals surface area (Å²) in [7, 11) is 2.03. The van der Waals surface area contributed by atoms with Gasteiger partial charge in [-0.05, 0) is 27.2 Å². The maximum absolute atomic E-state index is 4.56. The summed E-state index contributed by atoms with van der Waals surface area (Å²) in [4.78, 5) is 10.9. The molecule has 0 saturated carbocycles. The summed E-state index contributed by atoms with van der Waals surface area (Å²) in [6.07, 6.45) is 4.60. The van der Waals surface area contributed by atoms with Crippen LogP contribution in [-0.4, -0.2) is 31.8 Å². The minimum atomic E-state index is 0.353. The van der Waals surface area contributed by atoms with Crippen LogP contribution >= 0.6 is 0 Å². The van der Waals surface area contributed by atoms with Gasteiger partial charge in [-0.15, -0.1) is 10.2 Å². The Bertz CT molecular complexity index is 575. The van der Waals surface area contributed by atoms with E-state index in [1.165, 1.54) is 0 Å². The van der Waals surface area contributed by atoms with Crippen molar-refractivity contribution in [1.82, 2.24) is 24.7 Å². The lowest BCUT2D eigenvalue weighted by Crippen LogP contribution is -2.23. The van der Waals surface area contributed by atoms with Crippen LogP contribution in [0.1, 0.15) is 44.0 Å². The van der Waals surface area contributed by atoms with E-state index in [4.69, 9.17) is 0 Å². The third-order valence-electron chi connectivity index (χ3n) is 3.29. The van der Waals surface area contributed by atoms with Crippen LogP contribution in [0.2, 0.25) is 0 Å². The number of aromatic nitrogens is 5. The highest BCUT2D eigenvalue weighted by atomic mass is 15.3. The smallest absolute Gasteiger partial charge is 0.152 e. The normalized spacial score (nSPS) is 11.1. The minimum absolute atomic E-state index is 0.353. The molecule has 0 saturated heterocycles. The molecule has 0 aliphatic heterocycles. The summed E-state index contributed by atoms with van der Waals surface area (Å²) in [5.74, 6) is 2.70. The standard InChI is InChI=1S/C14H22N6/c1-6-12-7-15-11(4)17-14(12)19(5)8-13-18-16-9-20(13)10(2)3/h7,9-10H,6,8H2,1-5H3. The summed E-state index contributed by atoms with van der Waals surface area (Å²) in [6.45, 7) is 8.95. The van der Waals surface area contributed by atoms with Crippen LogP contribution in [0.15, 0.2) is 12.5 Å².